The Kier molecular flexibility index (Phi) is 4.50. The molecule has 5 nitrogen and oxygen atoms in total. The van der Waals surface area contributed by atoms with Gasteiger partial charge >= 0.3 is 0 Å². The van der Waals surface area contributed by atoms with Crippen LogP contribution >= 0.6 is 0 Å². The van der Waals surface area contributed by atoms with E-state index in [0.717, 1.165) is 31.9 Å². The fraction of sp³-hybridized carbons (Fsp3) is 0.833. The van der Waals surface area contributed by atoms with Crippen molar-refractivity contribution in [3.05, 3.63) is 12.2 Å². The first-order valence-corrected chi connectivity index (χ1v) is 6.52. The van der Waals surface area contributed by atoms with E-state index in [9.17, 15) is 0 Å². The molecule has 1 N–H and O–H groups in total. The van der Waals surface area contributed by atoms with Crippen molar-refractivity contribution in [1.29, 1.82) is 0 Å². The minimum Gasteiger partial charge on any atom is -0.343 e. The quantitative estimate of drug-likeness (QED) is 0.831. The summed E-state index contributed by atoms with van der Waals surface area (Å²) in [5.41, 5.74) is 0. The van der Waals surface area contributed by atoms with E-state index >= 15 is 0 Å². The predicted molar refractivity (Wildman–Crippen MR) is 65.7 cm³/mol. The zero-order valence-corrected chi connectivity index (χ0v) is 10.7. The molecular formula is C12H22N4O. The van der Waals surface area contributed by atoms with Gasteiger partial charge in [0.05, 0.1) is 0 Å². The Bertz CT molecular complexity index is 314. The number of nitrogens with zero attached hydrogens (tertiary/aromatic N) is 3. The molecule has 1 aliphatic rings. The maximum atomic E-state index is 4.74. The third-order valence-electron chi connectivity index (χ3n) is 3.54. The topological polar surface area (TPSA) is 54.2 Å². The summed E-state index contributed by atoms with van der Waals surface area (Å²) in [6.45, 7) is 7.74. The summed E-state index contributed by atoms with van der Waals surface area (Å²) in [6.07, 6.45) is 4.76. The van der Waals surface area contributed by atoms with Crippen molar-refractivity contribution in [3.8, 4) is 0 Å². The molecule has 0 bridgehead atoms. The Morgan fingerprint density at radius 2 is 2.47 bits per heavy atom. The van der Waals surface area contributed by atoms with Crippen molar-refractivity contribution in [2.24, 2.45) is 0 Å². The van der Waals surface area contributed by atoms with Gasteiger partial charge in [-0.05, 0) is 32.9 Å². The number of likely N-dealkylation sites (tertiary alicyclic amines) is 1. The van der Waals surface area contributed by atoms with Gasteiger partial charge in [0.25, 0.3) is 0 Å². The summed E-state index contributed by atoms with van der Waals surface area (Å²) >= 11 is 0. The molecule has 5 heteroatoms. The largest absolute Gasteiger partial charge is 0.343 e. The zero-order chi connectivity index (χ0) is 12.1. The average molecular weight is 238 g/mol. The lowest BCUT2D eigenvalue weighted by atomic mass is 9.98. The second-order valence-electron chi connectivity index (χ2n) is 4.76. The summed E-state index contributed by atoms with van der Waals surface area (Å²) in [5, 5.41) is 7.38. The first kappa shape index (κ1) is 12.5. The van der Waals surface area contributed by atoms with Gasteiger partial charge < -0.3 is 14.7 Å². The molecule has 1 fully saturated rings. The number of piperidine rings is 1. The first-order valence-electron chi connectivity index (χ1n) is 6.52. The molecule has 96 valence electrons. The van der Waals surface area contributed by atoms with Gasteiger partial charge in [-0.15, -0.1) is 0 Å². The van der Waals surface area contributed by atoms with Crippen LogP contribution in [0, 0.1) is 0 Å². The van der Waals surface area contributed by atoms with Crippen LogP contribution < -0.4 is 5.32 Å². The Morgan fingerprint density at radius 1 is 1.59 bits per heavy atom. The number of nitrogens with one attached hydrogen (secondary N) is 1. The third kappa shape index (κ3) is 3.51. The summed E-state index contributed by atoms with van der Waals surface area (Å²) < 4.78 is 4.74. The van der Waals surface area contributed by atoms with Crippen molar-refractivity contribution in [2.45, 2.75) is 45.2 Å². The summed E-state index contributed by atoms with van der Waals surface area (Å²) in [6, 6.07) is 1.33. The maximum Gasteiger partial charge on any atom is 0.213 e. The molecule has 1 aromatic rings. The lowest BCUT2D eigenvalue weighted by Gasteiger charge is -2.37. The van der Waals surface area contributed by atoms with E-state index in [1.807, 2.05) is 0 Å². The average Bonchev–Trinajstić information content (AvgIpc) is 2.81. The van der Waals surface area contributed by atoms with Crippen LogP contribution in [-0.4, -0.2) is 46.8 Å². The first-order chi connectivity index (χ1) is 8.29. The van der Waals surface area contributed by atoms with E-state index in [0.29, 0.717) is 12.1 Å². The molecule has 0 amide bonds. The van der Waals surface area contributed by atoms with Crippen LogP contribution in [0.15, 0.2) is 10.9 Å². The van der Waals surface area contributed by atoms with Gasteiger partial charge in [-0.1, -0.05) is 12.1 Å². The van der Waals surface area contributed by atoms with Crippen LogP contribution in [0.4, 0.5) is 0 Å². The van der Waals surface area contributed by atoms with E-state index in [4.69, 9.17) is 4.52 Å². The predicted octanol–water partition coefficient (Wildman–Crippen LogP) is 1.07. The number of rotatable bonds is 5. The summed E-state index contributed by atoms with van der Waals surface area (Å²) in [4.78, 5) is 6.57. The van der Waals surface area contributed by atoms with Crippen molar-refractivity contribution in [1.82, 2.24) is 20.4 Å². The summed E-state index contributed by atoms with van der Waals surface area (Å²) in [7, 11) is 0. The van der Waals surface area contributed by atoms with Gasteiger partial charge in [-0.25, -0.2) is 0 Å². The third-order valence-corrected chi connectivity index (χ3v) is 3.54. The highest BCUT2D eigenvalue weighted by atomic mass is 16.5. The lowest BCUT2D eigenvalue weighted by Crippen LogP contribution is -2.47. The van der Waals surface area contributed by atoms with Crippen molar-refractivity contribution < 1.29 is 4.52 Å². The fourth-order valence-corrected chi connectivity index (χ4v) is 2.57. The molecule has 2 atom stereocenters. The molecule has 1 aromatic heterocycles. The molecule has 1 aliphatic heterocycles. The molecule has 17 heavy (non-hydrogen) atoms. The molecule has 0 spiro atoms. The van der Waals surface area contributed by atoms with Gasteiger partial charge in [0.1, 0.15) is 0 Å². The van der Waals surface area contributed by atoms with E-state index < -0.39 is 0 Å². The molecule has 0 aliphatic carbocycles. The van der Waals surface area contributed by atoms with Gasteiger partial charge in [-0.2, -0.15) is 4.98 Å². The highest BCUT2D eigenvalue weighted by molar-refractivity contribution is 4.86. The minimum absolute atomic E-state index is 0.639. The molecule has 1 saturated heterocycles. The Balaban J connectivity index is 1.75. The Hall–Kier alpha value is -0.940. The van der Waals surface area contributed by atoms with Crippen LogP contribution in [0.3, 0.4) is 0 Å². The Labute approximate surface area is 103 Å². The fourth-order valence-electron chi connectivity index (χ4n) is 2.57. The summed E-state index contributed by atoms with van der Waals surface area (Å²) in [5.74, 6) is 0.811. The highest BCUT2D eigenvalue weighted by Crippen LogP contribution is 2.17. The highest BCUT2D eigenvalue weighted by Gasteiger charge is 2.24. The van der Waals surface area contributed by atoms with E-state index in [1.165, 1.54) is 19.2 Å². The SMILES string of the molecule is CCNC1CCN(CCc2ncon2)C(C)C1. The van der Waals surface area contributed by atoms with Crippen molar-refractivity contribution >= 4 is 0 Å². The van der Waals surface area contributed by atoms with Gasteiger partial charge in [-0.3, -0.25) is 0 Å². The molecule has 0 radical (unpaired) electrons. The van der Waals surface area contributed by atoms with Gasteiger partial charge in [0, 0.05) is 25.0 Å². The molecule has 2 rings (SSSR count). The maximum absolute atomic E-state index is 4.74. The second kappa shape index (κ2) is 6.12. The monoisotopic (exact) mass is 238 g/mol. The Morgan fingerprint density at radius 3 is 3.12 bits per heavy atom. The van der Waals surface area contributed by atoms with Crippen LogP contribution in [0.1, 0.15) is 32.5 Å². The minimum atomic E-state index is 0.639. The van der Waals surface area contributed by atoms with Crippen LogP contribution in [-0.2, 0) is 6.42 Å². The van der Waals surface area contributed by atoms with E-state index in [-0.39, 0.29) is 0 Å². The number of hydrogen-bond donors (Lipinski definition) is 1. The molecule has 0 aromatic carbocycles. The van der Waals surface area contributed by atoms with Crippen molar-refractivity contribution in [3.63, 3.8) is 0 Å². The van der Waals surface area contributed by atoms with Crippen LogP contribution in [0.25, 0.3) is 0 Å². The number of aromatic nitrogens is 2. The zero-order valence-electron chi connectivity index (χ0n) is 10.7. The van der Waals surface area contributed by atoms with Gasteiger partial charge in [0.15, 0.2) is 5.82 Å². The van der Waals surface area contributed by atoms with E-state index in [2.05, 4.69) is 34.2 Å². The number of hydrogen-bond acceptors (Lipinski definition) is 5. The second-order valence-corrected chi connectivity index (χ2v) is 4.76. The molecule has 2 heterocycles. The molecule has 0 saturated carbocycles. The van der Waals surface area contributed by atoms with Gasteiger partial charge in [0.2, 0.25) is 6.39 Å². The van der Waals surface area contributed by atoms with Crippen molar-refractivity contribution in [2.75, 3.05) is 19.6 Å². The normalized spacial score (nSPS) is 26.2. The molecular weight excluding hydrogens is 216 g/mol. The lowest BCUT2D eigenvalue weighted by molar-refractivity contribution is 0.137. The van der Waals surface area contributed by atoms with E-state index in [1.54, 1.807) is 0 Å². The standard InChI is InChI=1S/C12H22N4O/c1-3-13-11-4-6-16(10(2)8-11)7-5-12-14-9-17-15-12/h9-11,13H,3-8H2,1-2H3. The van der Waals surface area contributed by atoms with Crippen LogP contribution in [0.5, 0.6) is 0 Å². The smallest absolute Gasteiger partial charge is 0.213 e. The molecule has 2 unspecified atom stereocenters. The van der Waals surface area contributed by atoms with Crippen LogP contribution in [0.2, 0.25) is 0 Å².